The Bertz CT molecular complexity index is 661. The van der Waals surface area contributed by atoms with Crippen molar-refractivity contribution in [2.75, 3.05) is 5.73 Å². The number of aromatic nitrogens is 2. The molecule has 18 heavy (non-hydrogen) atoms. The highest BCUT2D eigenvalue weighted by atomic mass is 35.5. The standard InChI is InChI=1S/C12H10ClN3S2/c13-10-2-1-8(14)5-11(10)18-7-9-6-16-3-4-17-12(16)15-9/h1-6H,7,14H2. The van der Waals surface area contributed by atoms with Crippen LogP contribution in [0.1, 0.15) is 5.69 Å². The highest BCUT2D eigenvalue weighted by molar-refractivity contribution is 7.98. The van der Waals surface area contributed by atoms with Crippen LogP contribution in [0.4, 0.5) is 5.69 Å². The highest BCUT2D eigenvalue weighted by Crippen LogP contribution is 2.31. The Morgan fingerprint density at radius 1 is 1.44 bits per heavy atom. The van der Waals surface area contributed by atoms with Crippen molar-refractivity contribution in [2.45, 2.75) is 10.6 Å². The molecule has 0 fully saturated rings. The first-order valence-electron chi connectivity index (χ1n) is 5.31. The van der Waals surface area contributed by atoms with Crippen LogP contribution in [0.15, 0.2) is 40.9 Å². The Morgan fingerprint density at radius 2 is 2.33 bits per heavy atom. The highest BCUT2D eigenvalue weighted by Gasteiger charge is 2.06. The van der Waals surface area contributed by atoms with Crippen LogP contribution < -0.4 is 5.73 Å². The molecule has 3 rings (SSSR count). The van der Waals surface area contributed by atoms with E-state index in [2.05, 4.69) is 4.98 Å². The maximum Gasteiger partial charge on any atom is 0.193 e. The summed E-state index contributed by atoms with van der Waals surface area (Å²) in [5, 5.41) is 2.75. The van der Waals surface area contributed by atoms with Gasteiger partial charge in [-0.1, -0.05) is 11.6 Å². The summed E-state index contributed by atoms with van der Waals surface area (Å²) in [6.07, 6.45) is 4.05. The van der Waals surface area contributed by atoms with E-state index in [1.165, 1.54) is 0 Å². The van der Waals surface area contributed by atoms with Gasteiger partial charge in [0.15, 0.2) is 4.96 Å². The minimum Gasteiger partial charge on any atom is -0.399 e. The number of hydrogen-bond donors (Lipinski definition) is 1. The lowest BCUT2D eigenvalue weighted by Gasteiger charge is -2.03. The van der Waals surface area contributed by atoms with E-state index in [1.807, 2.05) is 34.3 Å². The molecular weight excluding hydrogens is 286 g/mol. The molecule has 2 N–H and O–H groups in total. The van der Waals surface area contributed by atoms with E-state index in [1.54, 1.807) is 29.2 Å². The molecule has 1 aromatic carbocycles. The van der Waals surface area contributed by atoms with Gasteiger partial charge in [0.2, 0.25) is 0 Å². The van der Waals surface area contributed by atoms with Crippen LogP contribution in [0.5, 0.6) is 0 Å². The number of benzene rings is 1. The van der Waals surface area contributed by atoms with Gasteiger partial charge in [-0.05, 0) is 18.2 Å². The summed E-state index contributed by atoms with van der Waals surface area (Å²) in [4.78, 5) is 6.54. The second kappa shape index (κ2) is 4.84. The van der Waals surface area contributed by atoms with Gasteiger partial charge in [-0.15, -0.1) is 23.1 Å². The average Bonchev–Trinajstić information content (AvgIpc) is 2.90. The number of hydrogen-bond acceptors (Lipinski definition) is 4. The first kappa shape index (κ1) is 11.9. The molecule has 0 saturated carbocycles. The summed E-state index contributed by atoms with van der Waals surface area (Å²) < 4.78 is 2.03. The van der Waals surface area contributed by atoms with Gasteiger partial charge in [-0.25, -0.2) is 4.98 Å². The van der Waals surface area contributed by atoms with E-state index in [0.29, 0.717) is 0 Å². The van der Waals surface area contributed by atoms with Crippen LogP contribution >= 0.6 is 34.7 Å². The summed E-state index contributed by atoms with van der Waals surface area (Å²) in [7, 11) is 0. The van der Waals surface area contributed by atoms with Crippen molar-refractivity contribution in [1.29, 1.82) is 0 Å². The van der Waals surface area contributed by atoms with E-state index in [9.17, 15) is 0 Å². The third-order valence-corrected chi connectivity index (χ3v) is 4.78. The van der Waals surface area contributed by atoms with Gasteiger partial charge in [-0.2, -0.15) is 0 Å². The molecule has 0 atom stereocenters. The molecule has 0 aliphatic heterocycles. The van der Waals surface area contributed by atoms with Gasteiger partial charge in [0.05, 0.1) is 10.7 Å². The molecule has 6 heteroatoms. The predicted octanol–water partition coefficient (Wildman–Crippen LogP) is 3.92. The summed E-state index contributed by atoms with van der Waals surface area (Å²) in [5.74, 6) is 0.789. The van der Waals surface area contributed by atoms with Crippen molar-refractivity contribution >= 4 is 45.3 Å². The van der Waals surface area contributed by atoms with Crippen molar-refractivity contribution in [2.24, 2.45) is 0 Å². The molecule has 92 valence electrons. The fourth-order valence-corrected chi connectivity index (χ4v) is 3.50. The topological polar surface area (TPSA) is 43.3 Å². The Morgan fingerprint density at radius 3 is 3.17 bits per heavy atom. The van der Waals surface area contributed by atoms with E-state index in [-0.39, 0.29) is 0 Å². The zero-order chi connectivity index (χ0) is 12.5. The van der Waals surface area contributed by atoms with Crippen LogP contribution in [0.25, 0.3) is 4.96 Å². The summed E-state index contributed by atoms with van der Waals surface area (Å²) in [6, 6.07) is 5.52. The van der Waals surface area contributed by atoms with E-state index in [0.717, 1.165) is 32.0 Å². The Labute approximate surface area is 118 Å². The van der Waals surface area contributed by atoms with Gasteiger partial charge < -0.3 is 5.73 Å². The van der Waals surface area contributed by atoms with Gasteiger partial charge in [-0.3, -0.25) is 4.40 Å². The molecule has 0 bridgehead atoms. The van der Waals surface area contributed by atoms with Crippen molar-refractivity contribution in [3.05, 3.63) is 46.7 Å². The number of fused-ring (bicyclic) bond motifs is 1. The Hall–Kier alpha value is -1.17. The third kappa shape index (κ3) is 2.34. The number of nitrogens with two attached hydrogens (primary N) is 1. The quantitative estimate of drug-likeness (QED) is 0.588. The minimum absolute atomic E-state index is 0.729. The van der Waals surface area contributed by atoms with Crippen LogP contribution in [0, 0.1) is 0 Å². The minimum atomic E-state index is 0.729. The number of anilines is 1. The SMILES string of the molecule is Nc1ccc(Cl)c(SCc2cn3ccsc3n2)c1. The molecule has 0 unspecified atom stereocenters. The smallest absolute Gasteiger partial charge is 0.193 e. The zero-order valence-corrected chi connectivity index (χ0v) is 11.7. The number of thiazole rings is 1. The van der Waals surface area contributed by atoms with Gasteiger partial charge >= 0.3 is 0 Å². The molecule has 3 nitrogen and oxygen atoms in total. The summed E-state index contributed by atoms with van der Waals surface area (Å²) >= 11 is 9.40. The first-order chi connectivity index (χ1) is 8.72. The van der Waals surface area contributed by atoms with Crippen LogP contribution in [-0.2, 0) is 5.75 Å². The third-order valence-electron chi connectivity index (χ3n) is 2.47. The number of nitrogen functional groups attached to an aromatic ring is 1. The lowest BCUT2D eigenvalue weighted by atomic mass is 10.3. The van der Waals surface area contributed by atoms with Gasteiger partial charge in [0.1, 0.15) is 0 Å². The normalized spacial score (nSPS) is 11.2. The van der Waals surface area contributed by atoms with Crippen molar-refractivity contribution < 1.29 is 0 Å². The zero-order valence-electron chi connectivity index (χ0n) is 9.34. The van der Waals surface area contributed by atoms with E-state index in [4.69, 9.17) is 17.3 Å². The van der Waals surface area contributed by atoms with Crippen molar-refractivity contribution in [1.82, 2.24) is 9.38 Å². The number of halogens is 1. The first-order valence-corrected chi connectivity index (χ1v) is 7.55. The Balaban J connectivity index is 1.77. The van der Waals surface area contributed by atoms with E-state index < -0.39 is 0 Å². The molecule has 0 spiro atoms. The number of rotatable bonds is 3. The molecule has 3 aromatic rings. The molecule has 0 radical (unpaired) electrons. The van der Waals surface area contributed by atoms with Gasteiger partial charge in [0.25, 0.3) is 0 Å². The number of nitrogens with zero attached hydrogens (tertiary/aromatic N) is 2. The van der Waals surface area contributed by atoms with Crippen molar-refractivity contribution in [3.63, 3.8) is 0 Å². The molecule has 0 aliphatic carbocycles. The lowest BCUT2D eigenvalue weighted by molar-refractivity contribution is 1.21. The molecule has 0 saturated heterocycles. The summed E-state index contributed by atoms with van der Waals surface area (Å²) in [5.41, 5.74) is 7.53. The van der Waals surface area contributed by atoms with Crippen LogP contribution in [0.3, 0.4) is 0 Å². The fourth-order valence-electron chi connectivity index (χ4n) is 1.63. The molecule has 2 aromatic heterocycles. The Kier molecular flexibility index (Phi) is 3.20. The maximum absolute atomic E-state index is 6.12. The van der Waals surface area contributed by atoms with Crippen LogP contribution in [0.2, 0.25) is 5.02 Å². The number of thioether (sulfide) groups is 1. The monoisotopic (exact) mass is 295 g/mol. The van der Waals surface area contributed by atoms with Gasteiger partial charge in [0, 0.05) is 34.1 Å². The molecular formula is C12H10ClN3S2. The second-order valence-electron chi connectivity index (χ2n) is 3.80. The largest absolute Gasteiger partial charge is 0.399 e. The fraction of sp³-hybridized carbons (Fsp3) is 0.0833. The van der Waals surface area contributed by atoms with E-state index >= 15 is 0 Å². The van der Waals surface area contributed by atoms with Crippen LogP contribution in [-0.4, -0.2) is 9.38 Å². The van der Waals surface area contributed by atoms with Crippen molar-refractivity contribution in [3.8, 4) is 0 Å². The molecule has 0 amide bonds. The molecule has 0 aliphatic rings. The maximum atomic E-state index is 6.12. The second-order valence-corrected chi connectivity index (χ2v) is 6.10. The molecule has 2 heterocycles. The average molecular weight is 296 g/mol. The number of imidazole rings is 1. The summed E-state index contributed by atoms with van der Waals surface area (Å²) in [6.45, 7) is 0. The lowest BCUT2D eigenvalue weighted by Crippen LogP contribution is -1.86. The predicted molar refractivity (Wildman–Crippen MR) is 78.5 cm³/mol.